The van der Waals surface area contributed by atoms with Gasteiger partial charge in [0.15, 0.2) is 17.5 Å². The summed E-state index contributed by atoms with van der Waals surface area (Å²) in [5, 5.41) is 4.54. The van der Waals surface area contributed by atoms with Gasteiger partial charge in [-0.15, -0.1) is 0 Å². The Labute approximate surface area is 404 Å². The van der Waals surface area contributed by atoms with Crippen molar-refractivity contribution in [1.29, 1.82) is 0 Å². The number of hydrogen-bond acceptors (Lipinski definition) is 4. The molecule has 10 aromatic carbocycles. The Hall–Kier alpha value is -9.19. The van der Waals surface area contributed by atoms with Gasteiger partial charge in [0, 0.05) is 49.5 Å². The van der Waals surface area contributed by atoms with E-state index in [0.717, 1.165) is 79.3 Å². The van der Waals surface area contributed by atoms with E-state index in [0.29, 0.717) is 17.5 Å². The third-order valence-corrected chi connectivity index (χ3v) is 14.2. The third kappa shape index (κ3) is 6.66. The molecule has 0 N–H and O–H groups in total. The van der Waals surface area contributed by atoms with Crippen molar-refractivity contribution in [2.45, 2.75) is 12.8 Å². The van der Waals surface area contributed by atoms with Crippen LogP contribution in [-0.4, -0.2) is 19.5 Å². The molecule has 1 aliphatic carbocycles. The van der Waals surface area contributed by atoms with Gasteiger partial charge in [-0.25, -0.2) is 15.0 Å². The number of nitrogens with zero attached hydrogens (tertiary/aromatic N) is 4. The molecule has 3 aromatic heterocycles. The number of aromatic nitrogens is 4. The molecular formula is C65H42N4O. The molecule has 0 amide bonds. The average Bonchev–Trinajstić information content (AvgIpc) is 3.96. The zero-order chi connectivity index (χ0) is 46.1. The third-order valence-electron chi connectivity index (χ3n) is 14.2. The lowest BCUT2D eigenvalue weighted by atomic mass is 9.83. The van der Waals surface area contributed by atoms with E-state index in [1.165, 1.54) is 55.3 Å². The highest BCUT2D eigenvalue weighted by molar-refractivity contribution is 6.12. The highest BCUT2D eigenvalue weighted by Crippen LogP contribution is 2.43. The number of furan rings is 1. The van der Waals surface area contributed by atoms with Crippen LogP contribution < -0.4 is 0 Å². The molecule has 0 fully saturated rings. The summed E-state index contributed by atoms with van der Waals surface area (Å²) in [4.78, 5) is 15.6. The fraction of sp³-hybridized carbons (Fsp3) is 0.0308. The van der Waals surface area contributed by atoms with Gasteiger partial charge < -0.3 is 8.98 Å². The molecule has 0 spiro atoms. The molecule has 0 aliphatic heterocycles. The molecule has 0 saturated carbocycles. The van der Waals surface area contributed by atoms with Crippen LogP contribution in [0.15, 0.2) is 235 Å². The summed E-state index contributed by atoms with van der Waals surface area (Å²) in [6, 6.07) is 82.3. The molecule has 13 aromatic rings. The van der Waals surface area contributed by atoms with Gasteiger partial charge in [0.1, 0.15) is 11.2 Å². The van der Waals surface area contributed by atoms with Crippen molar-refractivity contribution in [3.8, 4) is 73.2 Å². The predicted molar refractivity (Wildman–Crippen MR) is 286 cm³/mol. The normalized spacial score (nSPS) is 12.2. The van der Waals surface area contributed by atoms with E-state index in [1.807, 2.05) is 24.3 Å². The minimum atomic E-state index is 0.574. The highest BCUT2D eigenvalue weighted by atomic mass is 16.3. The fourth-order valence-electron chi connectivity index (χ4n) is 10.9. The standard InChI is InChI=1S/C65H42N4O/c1-3-17-41(18-4-1)53-30-16-31-56-55-34-33-47(39-61(55)70-62(53)56)65-67-63(42-19-5-2-6-20-42)66-64(68-65)46-24-15-25-49(37-46)69-59-32-14-13-29-54(59)58-40-57-48(38-60(58)69)36-45-23-8-11-27-51(45)50-26-10-7-21-43(50)35-44-22-9-12-28-52(44)57/h1-34,37-40H,35-36H2. The average molecular weight is 895 g/mol. The summed E-state index contributed by atoms with van der Waals surface area (Å²) in [6.45, 7) is 0. The maximum absolute atomic E-state index is 6.69. The van der Waals surface area contributed by atoms with Crippen molar-refractivity contribution in [2.75, 3.05) is 0 Å². The predicted octanol–water partition coefficient (Wildman–Crippen LogP) is 16.4. The van der Waals surface area contributed by atoms with E-state index in [9.17, 15) is 0 Å². The van der Waals surface area contributed by atoms with Crippen molar-refractivity contribution in [2.24, 2.45) is 0 Å². The minimum Gasteiger partial charge on any atom is -0.455 e. The molecule has 5 nitrogen and oxygen atoms in total. The van der Waals surface area contributed by atoms with Crippen molar-refractivity contribution < 1.29 is 4.42 Å². The molecule has 328 valence electrons. The summed E-state index contributed by atoms with van der Waals surface area (Å²) in [7, 11) is 0. The second-order valence-corrected chi connectivity index (χ2v) is 18.3. The summed E-state index contributed by atoms with van der Waals surface area (Å²) < 4.78 is 9.11. The SMILES string of the molecule is c1ccc(-c2nc(-c3cccc(-n4c5ccccc5c5cc6c(cc54)Cc4ccccc4-c4ccccc4Cc4ccccc4-6)c3)nc(-c3ccc4c(c3)oc3c(-c5ccccc5)cccc34)n2)cc1. The van der Waals surface area contributed by atoms with E-state index >= 15 is 0 Å². The molecule has 0 radical (unpaired) electrons. The number of fused-ring (bicyclic) bond motifs is 12. The monoisotopic (exact) mass is 894 g/mol. The van der Waals surface area contributed by atoms with Crippen LogP contribution in [0, 0.1) is 0 Å². The fourth-order valence-corrected chi connectivity index (χ4v) is 10.9. The van der Waals surface area contributed by atoms with Gasteiger partial charge in [-0.05, 0) is 105 Å². The first-order chi connectivity index (χ1) is 34.7. The Morgan fingerprint density at radius 2 is 0.843 bits per heavy atom. The minimum absolute atomic E-state index is 0.574. The molecule has 0 atom stereocenters. The topological polar surface area (TPSA) is 56.7 Å². The largest absolute Gasteiger partial charge is 0.455 e. The van der Waals surface area contributed by atoms with Gasteiger partial charge in [0.05, 0.1) is 11.0 Å². The van der Waals surface area contributed by atoms with Crippen LogP contribution in [0.3, 0.4) is 0 Å². The highest BCUT2D eigenvalue weighted by Gasteiger charge is 2.23. The molecule has 0 unspecified atom stereocenters. The lowest BCUT2D eigenvalue weighted by molar-refractivity contribution is 0.670. The van der Waals surface area contributed by atoms with Crippen molar-refractivity contribution in [3.05, 3.63) is 253 Å². The maximum atomic E-state index is 6.69. The lowest BCUT2D eigenvalue weighted by Gasteiger charge is -2.21. The summed E-state index contributed by atoms with van der Waals surface area (Å²) in [6.07, 6.45) is 1.64. The second kappa shape index (κ2) is 16.3. The van der Waals surface area contributed by atoms with E-state index in [-0.39, 0.29) is 0 Å². The lowest BCUT2D eigenvalue weighted by Crippen LogP contribution is -2.03. The molecule has 70 heavy (non-hydrogen) atoms. The van der Waals surface area contributed by atoms with Gasteiger partial charge in [0.25, 0.3) is 0 Å². The molecule has 3 heterocycles. The van der Waals surface area contributed by atoms with Crippen LogP contribution in [-0.2, 0) is 12.8 Å². The number of benzene rings is 10. The number of hydrogen-bond donors (Lipinski definition) is 0. The van der Waals surface area contributed by atoms with Crippen molar-refractivity contribution in [1.82, 2.24) is 19.5 Å². The first-order valence-electron chi connectivity index (χ1n) is 23.9. The van der Waals surface area contributed by atoms with Crippen LogP contribution in [0.25, 0.3) is 117 Å². The van der Waals surface area contributed by atoms with E-state index in [1.54, 1.807) is 0 Å². The van der Waals surface area contributed by atoms with E-state index in [4.69, 9.17) is 19.4 Å². The summed E-state index contributed by atoms with van der Waals surface area (Å²) >= 11 is 0. The molecule has 0 bridgehead atoms. The second-order valence-electron chi connectivity index (χ2n) is 18.3. The van der Waals surface area contributed by atoms with Crippen LogP contribution in [0.1, 0.15) is 22.3 Å². The number of para-hydroxylation sites is 2. The van der Waals surface area contributed by atoms with E-state index in [2.05, 4.69) is 211 Å². The van der Waals surface area contributed by atoms with Crippen LogP contribution in [0.2, 0.25) is 0 Å². The van der Waals surface area contributed by atoms with E-state index < -0.39 is 0 Å². The van der Waals surface area contributed by atoms with Crippen molar-refractivity contribution >= 4 is 43.7 Å². The Balaban J connectivity index is 0.935. The van der Waals surface area contributed by atoms with Crippen LogP contribution in [0.4, 0.5) is 0 Å². The first kappa shape index (κ1) is 39.9. The zero-order valence-corrected chi connectivity index (χ0v) is 38.1. The first-order valence-corrected chi connectivity index (χ1v) is 23.9. The maximum Gasteiger partial charge on any atom is 0.164 e. The summed E-state index contributed by atoms with van der Waals surface area (Å²) in [5.74, 6) is 1.77. The molecule has 14 rings (SSSR count). The molecule has 5 heteroatoms. The Morgan fingerprint density at radius 1 is 0.314 bits per heavy atom. The van der Waals surface area contributed by atoms with Crippen molar-refractivity contribution in [3.63, 3.8) is 0 Å². The molecule has 1 aliphatic rings. The quantitative estimate of drug-likeness (QED) is 0.173. The zero-order valence-electron chi connectivity index (χ0n) is 38.1. The molecule has 0 saturated heterocycles. The van der Waals surface area contributed by atoms with Gasteiger partial charge in [-0.2, -0.15) is 0 Å². The van der Waals surface area contributed by atoms with Gasteiger partial charge in [0.2, 0.25) is 0 Å². The Bertz CT molecular complexity index is 4190. The van der Waals surface area contributed by atoms with Gasteiger partial charge >= 0.3 is 0 Å². The Morgan fingerprint density at radius 3 is 1.56 bits per heavy atom. The van der Waals surface area contributed by atoms with Crippen LogP contribution in [0.5, 0.6) is 0 Å². The van der Waals surface area contributed by atoms with Crippen LogP contribution >= 0.6 is 0 Å². The van der Waals surface area contributed by atoms with Gasteiger partial charge in [-0.1, -0.05) is 188 Å². The summed E-state index contributed by atoms with van der Waals surface area (Å²) in [5.41, 5.74) is 20.2. The Kier molecular flexibility index (Phi) is 9.27. The smallest absolute Gasteiger partial charge is 0.164 e. The number of rotatable bonds is 5. The molecular weight excluding hydrogens is 853 g/mol. The van der Waals surface area contributed by atoms with Gasteiger partial charge in [-0.3, -0.25) is 0 Å².